The van der Waals surface area contributed by atoms with Gasteiger partial charge < -0.3 is 9.47 Å². The molecule has 0 aliphatic rings. The highest BCUT2D eigenvalue weighted by atomic mass is 79.9. The fraction of sp³-hybridized carbons (Fsp3) is 0.364. The maximum atomic E-state index is 11.5. The van der Waals surface area contributed by atoms with E-state index in [-0.39, 0.29) is 0 Å². The third-order valence-electron chi connectivity index (χ3n) is 2.12. The molecule has 0 aliphatic heterocycles. The van der Waals surface area contributed by atoms with Crippen LogP contribution in [0.1, 0.15) is 19.4 Å². The van der Waals surface area contributed by atoms with Crippen molar-refractivity contribution < 1.29 is 14.3 Å². The van der Waals surface area contributed by atoms with Crippen LogP contribution in [-0.2, 0) is 20.1 Å². The zero-order chi connectivity index (χ0) is 12.3. The van der Waals surface area contributed by atoms with Crippen LogP contribution in [0, 0.1) is 0 Å². The number of thiophene rings is 1. The Hall–Kier alpha value is -0.650. The lowest BCUT2D eigenvalue weighted by Gasteiger charge is -2.27. The van der Waals surface area contributed by atoms with E-state index in [0.29, 0.717) is 5.57 Å². The van der Waals surface area contributed by atoms with Crippen molar-refractivity contribution in [2.24, 2.45) is 0 Å². The molecule has 0 aliphatic carbocycles. The Morgan fingerprint density at radius 1 is 1.62 bits per heavy atom. The predicted molar refractivity (Wildman–Crippen MR) is 67.3 cm³/mol. The molecule has 0 aromatic carbocycles. The number of rotatable bonds is 4. The Balaban J connectivity index is 2.94. The largest absolute Gasteiger partial charge is 0.426 e. The lowest BCUT2D eigenvalue weighted by Crippen LogP contribution is -2.30. The van der Waals surface area contributed by atoms with Gasteiger partial charge in [0.05, 0.1) is 3.79 Å². The fourth-order valence-corrected chi connectivity index (χ4v) is 2.27. The Bertz CT molecular complexity index is 413. The van der Waals surface area contributed by atoms with Crippen molar-refractivity contribution in [3.8, 4) is 0 Å². The Morgan fingerprint density at radius 3 is 2.62 bits per heavy atom. The molecular formula is C11H13BrO3S. The molecule has 1 rings (SSSR count). The van der Waals surface area contributed by atoms with E-state index < -0.39 is 11.8 Å². The predicted octanol–water partition coefficient (Wildman–Crippen LogP) is 3.45. The van der Waals surface area contributed by atoms with Gasteiger partial charge in [0.1, 0.15) is 0 Å². The molecule has 0 radical (unpaired) electrons. The van der Waals surface area contributed by atoms with Crippen LogP contribution in [0.4, 0.5) is 0 Å². The first-order chi connectivity index (χ1) is 7.39. The molecule has 16 heavy (non-hydrogen) atoms. The number of carbonyl (C=O) groups excluding carboxylic acids is 1. The number of esters is 1. The van der Waals surface area contributed by atoms with E-state index in [1.807, 2.05) is 11.4 Å². The van der Waals surface area contributed by atoms with E-state index in [1.54, 1.807) is 13.8 Å². The second kappa shape index (κ2) is 5.12. The van der Waals surface area contributed by atoms with E-state index in [9.17, 15) is 4.79 Å². The van der Waals surface area contributed by atoms with Crippen molar-refractivity contribution in [2.75, 3.05) is 7.11 Å². The highest BCUT2D eigenvalue weighted by molar-refractivity contribution is 9.11. The normalized spacial score (nSPS) is 14.2. The first-order valence-corrected chi connectivity index (χ1v) is 6.25. The molecule has 1 atom stereocenters. The monoisotopic (exact) mass is 304 g/mol. The summed E-state index contributed by atoms with van der Waals surface area (Å²) in [6.07, 6.45) is 0. The fourth-order valence-electron chi connectivity index (χ4n) is 1.03. The van der Waals surface area contributed by atoms with Gasteiger partial charge in [-0.05, 0) is 28.9 Å². The average molecular weight is 305 g/mol. The lowest BCUT2D eigenvalue weighted by molar-refractivity contribution is -0.215. The van der Waals surface area contributed by atoms with E-state index in [1.165, 1.54) is 18.4 Å². The Morgan fingerprint density at radius 2 is 2.25 bits per heavy atom. The Labute approximate surface area is 107 Å². The highest BCUT2D eigenvalue weighted by Crippen LogP contribution is 2.32. The molecule has 0 N–H and O–H groups in total. The molecule has 3 nitrogen and oxygen atoms in total. The molecule has 0 bridgehead atoms. The standard InChI is InChI=1S/C11H13BrO3S/c1-7(2)10(13)15-11(3,14-4)8-5-9(12)16-6-8/h5-6H,1H2,2-4H3. The summed E-state index contributed by atoms with van der Waals surface area (Å²) in [7, 11) is 1.50. The van der Waals surface area contributed by atoms with Crippen LogP contribution in [0.15, 0.2) is 27.4 Å². The van der Waals surface area contributed by atoms with Gasteiger partial charge in [0, 0.05) is 30.6 Å². The van der Waals surface area contributed by atoms with Crippen LogP contribution in [0.25, 0.3) is 0 Å². The molecule has 0 saturated carbocycles. The van der Waals surface area contributed by atoms with Gasteiger partial charge in [-0.25, -0.2) is 4.79 Å². The molecular weight excluding hydrogens is 292 g/mol. The van der Waals surface area contributed by atoms with Crippen molar-refractivity contribution in [3.05, 3.63) is 32.9 Å². The van der Waals surface area contributed by atoms with Crippen molar-refractivity contribution in [1.29, 1.82) is 0 Å². The number of halogens is 1. The molecule has 88 valence electrons. The van der Waals surface area contributed by atoms with Gasteiger partial charge in [0.25, 0.3) is 0 Å². The lowest BCUT2D eigenvalue weighted by atomic mass is 10.1. The quantitative estimate of drug-likeness (QED) is 0.485. The van der Waals surface area contributed by atoms with Crippen molar-refractivity contribution in [2.45, 2.75) is 19.6 Å². The number of ether oxygens (including phenoxy) is 2. The van der Waals surface area contributed by atoms with E-state index in [2.05, 4.69) is 22.5 Å². The summed E-state index contributed by atoms with van der Waals surface area (Å²) in [6.45, 7) is 6.83. The molecule has 1 aromatic rings. The summed E-state index contributed by atoms with van der Waals surface area (Å²) >= 11 is 4.86. The van der Waals surface area contributed by atoms with Gasteiger partial charge in [-0.15, -0.1) is 11.3 Å². The van der Waals surface area contributed by atoms with E-state index >= 15 is 0 Å². The topological polar surface area (TPSA) is 35.5 Å². The first kappa shape index (κ1) is 13.4. The van der Waals surface area contributed by atoms with Gasteiger partial charge in [0.15, 0.2) is 0 Å². The summed E-state index contributed by atoms with van der Waals surface area (Å²) in [5.41, 5.74) is 1.14. The summed E-state index contributed by atoms with van der Waals surface area (Å²) < 4.78 is 11.5. The SMILES string of the molecule is C=C(C)C(=O)OC(C)(OC)c1csc(Br)c1. The highest BCUT2D eigenvalue weighted by Gasteiger charge is 2.32. The van der Waals surface area contributed by atoms with Gasteiger partial charge in [0.2, 0.25) is 5.79 Å². The number of hydrogen-bond donors (Lipinski definition) is 0. The minimum atomic E-state index is -1.07. The van der Waals surface area contributed by atoms with Gasteiger partial charge in [-0.1, -0.05) is 6.58 Å². The molecule has 1 aromatic heterocycles. The average Bonchev–Trinajstić information content (AvgIpc) is 2.65. The van der Waals surface area contributed by atoms with Crippen LogP contribution >= 0.6 is 27.3 Å². The minimum Gasteiger partial charge on any atom is -0.426 e. The number of hydrogen-bond acceptors (Lipinski definition) is 4. The number of methoxy groups -OCH3 is 1. The summed E-state index contributed by atoms with van der Waals surface area (Å²) in [5.74, 6) is -1.54. The van der Waals surface area contributed by atoms with Crippen LogP contribution < -0.4 is 0 Å². The van der Waals surface area contributed by atoms with E-state index in [0.717, 1.165) is 9.35 Å². The summed E-state index contributed by atoms with van der Waals surface area (Å²) in [6, 6.07) is 1.86. The van der Waals surface area contributed by atoms with Crippen LogP contribution in [0.5, 0.6) is 0 Å². The maximum Gasteiger partial charge on any atom is 0.335 e. The van der Waals surface area contributed by atoms with Gasteiger partial charge >= 0.3 is 5.97 Å². The molecule has 5 heteroatoms. The second-order valence-corrected chi connectivity index (χ2v) is 5.75. The maximum absolute atomic E-state index is 11.5. The minimum absolute atomic E-state index is 0.345. The van der Waals surface area contributed by atoms with Crippen molar-refractivity contribution in [3.63, 3.8) is 0 Å². The number of carbonyl (C=O) groups is 1. The van der Waals surface area contributed by atoms with Gasteiger partial charge in [-0.3, -0.25) is 0 Å². The molecule has 0 amide bonds. The van der Waals surface area contributed by atoms with Crippen LogP contribution in [0.3, 0.4) is 0 Å². The molecule has 1 heterocycles. The van der Waals surface area contributed by atoms with Crippen LogP contribution in [0.2, 0.25) is 0 Å². The van der Waals surface area contributed by atoms with Crippen molar-refractivity contribution in [1.82, 2.24) is 0 Å². The van der Waals surface area contributed by atoms with Gasteiger partial charge in [-0.2, -0.15) is 0 Å². The zero-order valence-corrected chi connectivity index (χ0v) is 11.8. The molecule has 0 saturated heterocycles. The van der Waals surface area contributed by atoms with Crippen LogP contribution in [-0.4, -0.2) is 13.1 Å². The zero-order valence-electron chi connectivity index (χ0n) is 9.37. The summed E-state index contributed by atoms with van der Waals surface area (Å²) in [4.78, 5) is 11.5. The smallest absolute Gasteiger partial charge is 0.335 e. The molecule has 0 spiro atoms. The Kier molecular flexibility index (Phi) is 4.29. The third kappa shape index (κ3) is 2.93. The third-order valence-corrected chi connectivity index (χ3v) is 3.62. The first-order valence-electron chi connectivity index (χ1n) is 4.57. The second-order valence-electron chi connectivity index (χ2n) is 3.46. The van der Waals surface area contributed by atoms with E-state index in [4.69, 9.17) is 9.47 Å². The molecule has 0 fully saturated rings. The molecule has 1 unspecified atom stereocenters. The summed E-state index contributed by atoms with van der Waals surface area (Å²) in [5, 5.41) is 1.87. The van der Waals surface area contributed by atoms with Crippen molar-refractivity contribution >= 4 is 33.2 Å².